The van der Waals surface area contributed by atoms with Crippen molar-refractivity contribution in [1.82, 2.24) is 31.1 Å². The predicted molar refractivity (Wildman–Crippen MR) is 201 cm³/mol. The molecule has 2 aromatic carbocycles. The Bertz CT molecular complexity index is 1570. The summed E-state index contributed by atoms with van der Waals surface area (Å²) in [6.45, 7) is 8.77. The fraction of sp³-hybridized carbons (Fsp3) is 0.526. The Morgan fingerprint density at radius 1 is 0.596 bits per heavy atom. The van der Waals surface area contributed by atoms with Gasteiger partial charge in [0, 0.05) is 22.6 Å². The predicted octanol–water partition coefficient (Wildman–Crippen LogP) is 2.36. The maximum Gasteiger partial charge on any atom is 0.249 e. The second-order valence-electron chi connectivity index (χ2n) is 14.9. The fourth-order valence-electron chi connectivity index (χ4n) is 7.57. The molecular weight excluding hydrogens is 701 g/mol. The molecule has 0 unspecified atom stereocenters. The second kappa shape index (κ2) is 15.5. The highest BCUT2D eigenvalue weighted by Gasteiger charge is 2.65. The van der Waals surface area contributed by atoms with Crippen LogP contribution in [0.25, 0.3) is 0 Å². The number of amides is 6. The molecule has 4 saturated heterocycles. The standard InChI is InChI=1S/C38H48N6O6S2/c1-37(2)29(43-33(49)27(35(43)51-37)41-25(45)21-23-15-9-7-10-16-23)31(47)39-19-13-5-6-14-20-40-32(48)30-38(3,4)52-36-28(34(50)44(30)36)42-26(46)22-24-17-11-8-12-18-24/h7-12,15-18,27-30,35-36H,5-6,13-14,19-22H2,1-4H3,(H,39,47)(H,40,48)(H,41,45)(H,42,46)/t27-,28-,29+,30+,35-,36-/m1/s1. The molecule has 278 valence electrons. The molecule has 4 N–H and O–H groups in total. The van der Waals surface area contributed by atoms with Gasteiger partial charge < -0.3 is 31.1 Å². The van der Waals surface area contributed by atoms with E-state index in [0.29, 0.717) is 13.1 Å². The molecule has 4 aliphatic rings. The van der Waals surface area contributed by atoms with Gasteiger partial charge in [0.2, 0.25) is 35.4 Å². The summed E-state index contributed by atoms with van der Waals surface area (Å²) in [7, 11) is 0. The van der Waals surface area contributed by atoms with Gasteiger partial charge >= 0.3 is 0 Å². The van der Waals surface area contributed by atoms with Gasteiger partial charge in [0.1, 0.15) is 34.9 Å². The molecule has 0 saturated carbocycles. The smallest absolute Gasteiger partial charge is 0.249 e. The van der Waals surface area contributed by atoms with Crippen LogP contribution in [-0.4, -0.2) is 103 Å². The van der Waals surface area contributed by atoms with Crippen LogP contribution in [0.15, 0.2) is 60.7 Å². The van der Waals surface area contributed by atoms with Crippen molar-refractivity contribution in [3.05, 3.63) is 71.8 Å². The van der Waals surface area contributed by atoms with Crippen LogP contribution in [0.3, 0.4) is 0 Å². The zero-order valence-corrected chi connectivity index (χ0v) is 31.7. The summed E-state index contributed by atoms with van der Waals surface area (Å²) >= 11 is 3.08. The quantitative estimate of drug-likeness (QED) is 0.160. The normalized spacial score (nSPS) is 26.4. The minimum atomic E-state index is -0.639. The van der Waals surface area contributed by atoms with Gasteiger partial charge in [-0.25, -0.2) is 0 Å². The molecule has 12 nitrogen and oxygen atoms in total. The summed E-state index contributed by atoms with van der Waals surface area (Å²) in [4.78, 5) is 81.2. The molecule has 6 atom stereocenters. The molecule has 0 radical (unpaired) electrons. The Kier molecular flexibility index (Phi) is 11.3. The number of carbonyl (C=O) groups is 6. The van der Waals surface area contributed by atoms with E-state index < -0.39 is 33.7 Å². The van der Waals surface area contributed by atoms with Crippen molar-refractivity contribution in [2.45, 2.75) is 111 Å². The molecule has 52 heavy (non-hydrogen) atoms. The first-order valence-corrected chi connectivity index (χ1v) is 19.8. The van der Waals surface area contributed by atoms with E-state index in [-0.39, 0.29) is 59.0 Å². The second-order valence-corrected chi connectivity index (χ2v) is 18.5. The Morgan fingerprint density at radius 2 is 0.962 bits per heavy atom. The first kappa shape index (κ1) is 37.7. The number of hydrogen-bond donors (Lipinski definition) is 4. The van der Waals surface area contributed by atoms with Crippen molar-refractivity contribution in [3.8, 4) is 0 Å². The number of β-lactam (4-membered cyclic amide) rings is 2. The Labute approximate surface area is 313 Å². The highest BCUT2D eigenvalue weighted by Crippen LogP contribution is 2.52. The summed E-state index contributed by atoms with van der Waals surface area (Å²) < 4.78 is -1.02. The number of hydrogen-bond acceptors (Lipinski definition) is 8. The van der Waals surface area contributed by atoms with E-state index in [9.17, 15) is 28.8 Å². The van der Waals surface area contributed by atoms with E-state index in [0.717, 1.165) is 36.8 Å². The molecule has 14 heteroatoms. The molecule has 4 aliphatic heterocycles. The van der Waals surface area contributed by atoms with E-state index in [1.807, 2.05) is 88.4 Å². The van der Waals surface area contributed by atoms with E-state index >= 15 is 0 Å². The zero-order chi connectivity index (χ0) is 37.2. The molecule has 4 heterocycles. The molecule has 0 aromatic heterocycles. The minimum absolute atomic E-state index is 0.191. The minimum Gasteiger partial charge on any atom is -0.354 e. The van der Waals surface area contributed by atoms with E-state index in [4.69, 9.17) is 0 Å². The number of thioether (sulfide) groups is 2. The fourth-order valence-corrected chi connectivity index (χ4v) is 10.8. The third kappa shape index (κ3) is 7.83. The lowest BCUT2D eigenvalue weighted by molar-refractivity contribution is -0.155. The number of fused-ring (bicyclic) bond motifs is 2. The van der Waals surface area contributed by atoms with Gasteiger partial charge in [0.15, 0.2) is 0 Å². The van der Waals surface area contributed by atoms with Crippen LogP contribution in [0.4, 0.5) is 0 Å². The van der Waals surface area contributed by atoms with Crippen molar-refractivity contribution in [2.24, 2.45) is 0 Å². The van der Waals surface area contributed by atoms with Crippen LogP contribution >= 0.6 is 23.5 Å². The third-order valence-electron chi connectivity index (χ3n) is 10.1. The van der Waals surface area contributed by atoms with Gasteiger partial charge in [-0.05, 0) is 51.7 Å². The van der Waals surface area contributed by atoms with Gasteiger partial charge in [-0.3, -0.25) is 28.8 Å². The van der Waals surface area contributed by atoms with Gasteiger partial charge in [-0.1, -0.05) is 73.5 Å². The highest BCUT2D eigenvalue weighted by molar-refractivity contribution is 8.02. The average molecular weight is 749 g/mol. The summed E-state index contributed by atoms with van der Waals surface area (Å²) in [5.74, 6) is -1.28. The lowest BCUT2D eigenvalue weighted by atomic mass is 9.95. The van der Waals surface area contributed by atoms with Crippen molar-refractivity contribution in [1.29, 1.82) is 0 Å². The van der Waals surface area contributed by atoms with Crippen molar-refractivity contribution in [2.75, 3.05) is 13.1 Å². The number of nitrogens with zero attached hydrogens (tertiary/aromatic N) is 2. The van der Waals surface area contributed by atoms with Gasteiger partial charge in [0.05, 0.1) is 12.8 Å². The van der Waals surface area contributed by atoms with Crippen molar-refractivity contribution >= 4 is 59.0 Å². The topological polar surface area (TPSA) is 157 Å². The van der Waals surface area contributed by atoms with E-state index in [1.54, 1.807) is 9.80 Å². The lowest BCUT2D eigenvalue weighted by Gasteiger charge is -2.44. The monoisotopic (exact) mass is 748 g/mol. The first-order valence-electron chi connectivity index (χ1n) is 18.0. The van der Waals surface area contributed by atoms with Crippen LogP contribution in [0.5, 0.6) is 0 Å². The SMILES string of the molecule is CC1(C)S[C@@H]2[C@H](NC(=O)Cc3ccccc3)C(=O)N2[C@H]1C(=O)NCCCCCCNC(=O)[C@@H]1N2C(=O)[C@@H](NC(=O)Cc3ccccc3)[C@H]2SC1(C)C. The lowest BCUT2D eigenvalue weighted by Crippen LogP contribution is -2.71. The van der Waals surface area contributed by atoms with Gasteiger partial charge in [-0.2, -0.15) is 0 Å². The molecule has 0 spiro atoms. The Balaban J connectivity index is 0.870. The molecule has 6 rings (SSSR count). The number of rotatable bonds is 15. The van der Waals surface area contributed by atoms with Crippen molar-refractivity contribution < 1.29 is 28.8 Å². The summed E-state index contributed by atoms with van der Waals surface area (Å²) in [5, 5.41) is 11.2. The number of nitrogens with one attached hydrogen (secondary N) is 4. The summed E-state index contributed by atoms with van der Waals surface area (Å²) in [6, 6.07) is 16.2. The zero-order valence-electron chi connectivity index (χ0n) is 30.1. The van der Waals surface area contributed by atoms with Crippen molar-refractivity contribution in [3.63, 3.8) is 0 Å². The number of benzene rings is 2. The van der Waals surface area contributed by atoms with Crippen LogP contribution in [0.2, 0.25) is 0 Å². The maximum atomic E-state index is 13.3. The number of unbranched alkanes of at least 4 members (excludes halogenated alkanes) is 3. The van der Waals surface area contributed by atoms with E-state index in [2.05, 4.69) is 21.3 Å². The van der Waals surface area contributed by atoms with Crippen LogP contribution in [0, 0.1) is 0 Å². The highest BCUT2D eigenvalue weighted by atomic mass is 32.2. The van der Waals surface area contributed by atoms with Crippen LogP contribution in [-0.2, 0) is 41.6 Å². The molecule has 2 aromatic rings. The van der Waals surface area contributed by atoms with E-state index in [1.165, 1.54) is 23.5 Å². The average Bonchev–Trinajstić information content (AvgIpc) is 3.52. The third-order valence-corrected chi connectivity index (χ3v) is 13.3. The summed E-state index contributed by atoms with van der Waals surface area (Å²) in [5.41, 5.74) is 1.74. The summed E-state index contributed by atoms with van der Waals surface area (Å²) in [6.07, 6.45) is 3.59. The van der Waals surface area contributed by atoms with Gasteiger partial charge in [-0.15, -0.1) is 23.5 Å². The Hall–Kier alpha value is -4.04. The van der Waals surface area contributed by atoms with Crippen LogP contribution in [0.1, 0.15) is 64.5 Å². The van der Waals surface area contributed by atoms with Gasteiger partial charge in [0.25, 0.3) is 0 Å². The first-order chi connectivity index (χ1) is 24.8. The number of carbonyl (C=O) groups excluding carboxylic acids is 6. The molecule has 0 aliphatic carbocycles. The van der Waals surface area contributed by atoms with Crippen LogP contribution < -0.4 is 21.3 Å². The largest absolute Gasteiger partial charge is 0.354 e. The maximum absolute atomic E-state index is 13.3. The molecule has 0 bridgehead atoms. The molecule has 4 fully saturated rings. The molecule has 6 amide bonds. The Morgan fingerprint density at radius 3 is 1.33 bits per heavy atom. The molecular formula is C38H48N6O6S2.